The Balaban J connectivity index is 0.000000187. The lowest BCUT2D eigenvalue weighted by Gasteiger charge is -1.94. The minimum Gasteiger partial charge on any atom is -0.394 e. The molecule has 0 saturated carbocycles. The van der Waals surface area contributed by atoms with Gasteiger partial charge >= 0.3 is 0 Å². The Kier molecular flexibility index (Phi) is 7.89. The molecule has 0 spiro atoms. The van der Waals surface area contributed by atoms with Gasteiger partial charge in [-0.15, -0.1) is 0 Å². The zero-order chi connectivity index (χ0) is 8.53. The van der Waals surface area contributed by atoms with E-state index in [9.17, 15) is 0 Å². The van der Waals surface area contributed by atoms with Crippen LogP contribution in [0.25, 0.3) is 0 Å². The second-order valence-electron chi connectivity index (χ2n) is 2.54. The molecule has 3 heteroatoms. The number of aliphatic hydroxyl groups excluding tert-OH is 1. The largest absolute Gasteiger partial charge is 0.394 e. The normalized spacial score (nSPS) is 22.6. The summed E-state index contributed by atoms with van der Waals surface area (Å²) >= 11 is 0. The van der Waals surface area contributed by atoms with Crippen LogP contribution in [0.1, 0.15) is 19.8 Å². The van der Waals surface area contributed by atoms with Crippen molar-refractivity contribution in [2.45, 2.75) is 25.9 Å². The molecular weight excluding hydrogens is 144 g/mol. The van der Waals surface area contributed by atoms with E-state index in [0.29, 0.717) is 12.7 Å². The highest BCUT2D eigenvalue weighted by Gasteiger charge is 2.07. The van der Waals surface area contributed by atoms with Crippen molar-refractivity contribution in [3.05, 3.63) is 0 Å². The van der Waals surface area contributed by atoms with Crippen molar-refractivity contribution >= 4 is 0 Å². The van der Waals surface area contributed by atoms with Crippen LogP contribution in [0, 0.1) is 0 Å². The van der Waals surface area contributed by atoms with Crippen LogP contribution in [-0.2, 0) is 9.47 Å². The molecule has 1 saturated heterocycles. The average molecular weight is 162 g/mol. The molecule has 1 atom stereocenters. The van der Waals surface area contributed by atoms with E-state index in [1.165, 1.54) is 12.8 Å². The topological polar surface area (TPSA) is 38.7 Å². The zero-order valence-corrected chi connectivity index (χ0v) is 7.38. The van der Waals surface area contributed by atoms with Gasteiger partial charge in [0.25, 0.3) is 0 Å². The summed E-state index contributed by atoms with van der Waals surface area (Å²) in [7, 11) is 1.55. The van der Waals surface area contributed by atoms with Gasteiger partial charge in [-0.05, 0) is 19.8 Å². The minimum absolute atomic E-state index is 0.122. The van der Waals surface area contributed by atoms with E-state index in [2.05, 4.69) is 11.7 Å². The number of methoxy groups -OCH3 is 1. The first kappa shape index (κ1) is 10.9. The van der Waals surface area contributed by atoms with E-state index in [-0.39, 0.29) is 6.61 Å². The molecular formula is C8H18O3. The molecule has 1 N–H and O–H groups in total. The number of hydrogen-bond acceptors (Lipinski definition) is 3. The Morgan fingerprint density at radius 3 is 2.45 bits per heavy atom. The van der Waals surface area contributed by atoms with Crippen LogP contribution in [0.3, 0.4) is 0 Å². The Hall–Kier alpha value is -0.120. The molecule has 0 radical (unpaired) electrons. The van der Waals surface area contributed by atoms with Gasteiger partial charge in [0.2, 0.25) is 0 Å². The first-order valence-corrected chi connectivity index (χ1v) is 4.02. The summed E-state index contributed by atoms with van der Waals surface area (Å²) in [4.78, 5) is 0. The van der Waals surface area contributed by atoms with Crippen LogP contribution >= 0.6 is 0 Å². The second kappa shape index (κ2) is 7.98. The van der Waals surface area contributed by atoms with E-state index in [1.54, 1.807) is 7.11 Å². The van der Waals surface area contributed by atoms with Crippen LogP contribution in [0.4, 0.5) is 0 Å². The number of aliphatic hydroxyl groups is 1. The van der Waals surface area contributed by atoms with E-state index in [4.69, 9.17) is 9.84 Å². The van der Waals surface area contributed by atoms with Crippen molar-refractivity contribution in [1.82, 2.24) is 0 Å². The van der Waals surface area contributed by atoms with Gasteiger partial charge in [-0.3, -0.25) is 0 Å². The standard InChI is InChI=1S/C5H10O.C3H8O2/c1-5-3-2-4-6-5;1-5-3-2-4/h5H,2-4H2,1H3;4H,2-3H2,1H3. The minimum atomic E-state index is 0.122. The van der Waals surface area contributed by atoms with Crippen molar-refractivity contribution in [2.24, 2.45) is 0 Å². The number of hydrogen-bond donors (Lipinski definition) is 1. The molecule has 11 heavy (non-hydrogen) atoms. The third-order valence-corrected chi connectivity index (χ3v) is 1.45. The molecule has 1 fully saturated rings. The van der Waals surface area contributed by atoms with E-state index >= 15 is 0 Å². The molecule has 0 aromatic carbocycles. The molecule has 1 aliphatic heterocycles. The molecule has 1 heterocycles. The Morgan fingerprint density at radius 2 is 2.36 bits per heavy atom. The van der Waals surface area contributed by atoms with Crippen LogP contribution in [0.2, 0.25) is 0 Å². The summed E-state index contributed by atoms with van der Waals surface area (Å²) < 4.78 is 9.59. The van der Waals surface area contributed by atoms with E-state index in [1.807, 2.05) is 0 Å². The van der Waals surface area contributed by atoms with Gasteiger partial charge in [-0.1, -0.05) is 0 Å². The predicted octanol–water partition coefficient (Wildman–Crippen LogP) is 0.810. The van der Waals surface area contributed by atoms with Gasteiger partial charge in [-0.25, -0.2) is 0 Å². The van der Waals surface area contributed by atoms with E-state index < -0.39 is 0 Å². The molecule has 0 bridgehead atoms. The molecule has 0 aromatic heterocycles. The summed E-state index contributed by atoms with van der Waals surface area (Å²) in [6.07, 6.45) is 3.08. The SMILES string of the molecule is CC1CCCO1.COCCO. The summed E-state index contributed by atoms with van der Waals surface area (Å²) in [6.45, 7) is 3.67. The van der Waals surface area contributed by atoms with Crippen LogP contribution in [-0.4, -0.2) is 38.1 Å². The molecule has 1 unspecified atom stereocenters. The molecule has 0 amide bonds. The van der Waals surface area contributed by atoms with Gasteiger partial charge in [0, 0.05) is 13.7 Å². The summed E-state index contributed by atoms with van der Waals surface area (Å²) in [6, 6.07) is 0. The van der Waals surface area contributed by atoms with Crippen molar-refractivity contribution in [3.63, 3.8) is 0 Å². The van der Waals surface area contributed by atoms with E-state index in [0.717, 1.165) is 6.61 Å². The lowest BCUT2D eigenvalue weighted by atomic mass is 10.3. The third kappa shape index (κ3) is 7.78. The smallest absolute Gasteiger partial charge is 0.0693 e. The van der Waals surface area contributed by atoms with Gasteiger partial charge < -0.3 is 14.6 Å². The fourth-order valence-electron chi connectivity index (χ4n) is 0.830. The lowest BCUT2D eigenvalue weighted by molar-refractivity contribution is 0.125. The number of rotatable bonds is 2. The molecule has 0 aromatic rings. The molecule has 1 aliphatic rings. The Morgan fingerprint density at radius 1 is 1.64 bits per heavy atom. The first-order valence-electron chi connectivity index (χ1n) is 4.02. The van der Waals surface area contributed by atoms with Crippen LogP contribution in [0.15, 0.2) is 0 Å². The zero-order valence-electron chi connectivity index (χ0n) is 7.38. The molecule has 0 aliphatic carbocycles. The average Bonchev–Trinajstić information content (AvgIpc) is 2.43. The van der Waals surface area contributed by atoms with Gasteiger partial charge in [0.05, 0.1) is 19.3 Å². The van der Waals surface area contributed by atoms with Gasteiger partial charge in [0.15, 0.2) is 0 Å². The molecule has 3 nitrogen and oxygen atoms in total. The highest BCUT2D eigenvalue weighted by molar-refractivity contribution is 4.56. The summed E-state index contributed by atoms with van der Waals surface area (Å²) in [5, 5.41) is 7.94. The molecule has 68 valence electrons. The van der Waals surface area contributed by atoms with Crippen molar-refractivity contribution in [2.75, 3.05) is 26.9 Å². The lowest BCUT2D eigenvalue weighted by Crippen LogP contribution is -1.94. The fraction of sp³-hybridized carbons (Fsp3) is 1.00. The van der Waals surface area contributed by atoms with Crippen LogP contribution in [0.5, 0.6) is 0 Å². The highest BCUT2D eigenvalue weighted by Crippen LogP contribution is 2.09. The quantitative estimate of drug-likeness (QED) is 0.653. The number of ether oxygens (including phenoxy) is 2. The maximum atomic E-state index is 7.94. The monoisotopic (exact) mass is 162 g/mol. The van der Waals surface area contributed by atoms with Crippen molar-refractivity contribution < 1.29 is 14.6 Å². The summed E-state index contributed by atoms with van der Waals surface area (Å²) in [5.41, 5.74) is 0. The van der Waals surface area contributed by atoms with Crippen LogP contribution < -0.4 is 0 Å². The Bertz CT molecular complexity index is 67.7. The first-order chi connectivity index (χ1) is 5.31. The second-order valence-corrected chi connectivity index (χ2v) is 2.54. The maximum Gasteiger partial charge on any atom is 0.0693 e. The predicted molar refractivity (Wildman–Crippen MR) is 43.6 cm³/mol. The fourth-order valence-corrected chi connectivity index (χ4v) is 0.830. The van der Waals surface area contributed by atoms with Gasteiger partial charge in [-0.2, -0.15) is 0 Å². The maximum absolute atomic E-state index is 7.94. The Labute approximate surface area is 68.3 Å². The highest BCUT2D eigenvalue weighted by atomic mass is 16.5. The third-order valence-electron chi connectivity index (χ3n) is 1.45. The van der Waals surface area contributed by atoms with Crippen molar-refractivity contribution in [3.8, 4) is 0 Å². The van der Waals surface area contributed by atoms with Gasteiger partial charge in [0.1, 0.15) is 0 Å². The summed E-state index contributed by atoms with van der Waals surface area (Å²) in [5.74, 6) is 0. The van der Waals surface area contributed by atoms with Crippen molar-refractivity contribution in [1.29, 1.82) is 0 Å². The molecule has 1 rings (SSSR count).